The summed E-state index contributed by atoms with van der Waals surface area (Å²) in [6, 6.07) is 2.08. The van der Waals surface area contributed by atoms with Gasteiger partial charge < -0.3 is 15.7 Å². The highest BCUT2D eigenvalue weighted by Gasteiger charge is 2.19. The highest BCUT2D eigenvalue weighted by molar-refractivity contribution is 7.19. The van der Waals surface area contributed by atoms with Crippen molar-refractivity contribution < 1.29 is 0 Å². The number of aromatic nitrogens is 6. The quantitative estimate of drug-likeness (QED) is 0.473. The molecule has 0 amide bonds. The first-order chi connectivity index (χ1) is 13.9. The number of nitrogens with two attached hydrogens (primary N) is 1. The molecule has 0 unspecified atom stereocenters. The molecule has 0 aromatic carbocycles. The van der Waals surface area contributed by atoms with Crippen molar-refractivity contribution in [2.75, 3.05) is 0 Å². The van der Waals surface area contributed by atoms with Crippen molar-refractivity contribution in [2.24, 2.45) is 19.8 Å². The Hall–Kier alpha value is -3.78. The van der Waals surface area contributed by atoms with Gasteiger partial charge >= 0.3 is 0 Å². The van der Waals surface area contributed by atoms with Gasteiger partial charge in [0, 0.05) is 44.0 Å². The third-order valence-electron chi connectivity index (χ3n) is 4.55. The van der Waals surface area contributed by atoms with Crippen molar-refractivity contribution in [3.8, 4) is 6.07 Å². The monoisotopic (exact) mass is 407 g/mol. The van der Waals surface area contributed by atoms with Gasteiger partial charge in [-0.2, -0.15) is 15.5 Å². The van der Waals surface area contributed by atoms with Gasteiger partial charge in [0.25, 0.3) is 5.56 Å². The number of nitriles is 1. The van der Waals surface area contributed by atoms with Crippen LogP contribution in [0.5, 0.6) is 0 Å². The minimum Gasteiger partial charge on any atom is -0.402 e. The third kappa shape index (κ3) is 3.09. The van der Waals surface area contributed by atoms with Crippen LogP contribution in [0.2, 0.25) is 0 Å². The molecule has 0 bridgehead atoms. The molecule has 146 valence electrons. The van der Waals surface area contributed by atoms with Gasteiger partial charge in [-0.05, 0) is 6.08 Å². The fraction of sp³-hybridized carbons (Fsp3) is 0.222. The zero-order valence-electron chi connectivity index (χ0n) is 15.7. The van der Waals surface area contributed by atoms with E-state index >= 15 is 0 Å². The molecule has 3 N–H and O–H groups in total. The second-order valence-electron chi connectivity index (χ2n) is 6.55. The summed E-state index contributed by atoms with van der Waals surface area (Å²) in [6.45, 7) is 0.112. The molecular weight excluding hydrogens is 390 g/mol. The summed E-state index contributed by atoms with van der Waals surface area (Å²) in [4.78, 5) is 17.7. The molecule has 10 nitrogen and oxygen atoms in total. The molecule has 0 fully saturated rings. The maximum absolute atomic E-state index is 13.1. The third-order valence-corrected chi connectivity index (χ3v) is 5.63. The van der Waals surface area contributed by atoms with E-state index < -0.39 is 0 Å². The first-order valence-corrected chi connectivity index (χ1v) is 9.46. The smallest absolute Gasteiger partial charge is 0.291 e. The van der Waals surface area contributed by atoms with E-state index in [1.165, 1.54) is 22.1 Å². The fourth-order valence-electron chi connectivity index (χ4n) is 3.25. The number of fused-ring (bicyclic) bond motifs is 3. The van der Waals surface area contributed by atoms with Crippen molar-refractivity contribution in [1.29, 1.82) is 10.7 Å². The van der Waals surface area contributed by atoms with Gasteiger partial charge in [-0.3, -0.25) is 9.48 Å². The lowest BCUT2D eigenvalue weighted by atomic mass is 10.2. The van der Waals surface area contributed by atoms with Gasteiger partial charge in [0.1, 0.15) is 22.3 Å². The zero-order chi connectivity index (χ0) is 20.7. The Kier molecular flexibility index (Phi) is 4.48. The normalized spacial score (nSPS) is 12.0. The lowest BCUT2D eigenvalue weighted by Crippen LogP contribution is -2.25. The summed E-state index contributed by atoms with van der Waals surface area (Å²) in [5.74, 6) is 0. The average molecular weight is 407 g/mol. The fourth-order valence-corrected chi connectivity index (χ4v) is 4.39. The molecule has 0 atom stereocenters. The molecule has 0 aliphatic rings. The molecule has 0 saturated carbocycles. The van der Waals surface area contributed by atoms with Gasteiger partial charge in [-0.1, -0.05) is 0 Å². The molecule has 0 spiro atoms. The SMILES string of the molecule is Cn1cc(C#N)c(Cn2ncc3c4sc(CC(N)=CC=N)nc4n(C)c3c2=O)n1. The van der Waals surface area contributed by atoms with E-state index in [9.17, 15) is 10.1 Å². The molecule has 4 heterocycles. The van der Waals surface area contributed by atoms with Crippen molar-refractivity contribution in [1.82, 2.24) is 29.1 Å². The summed E-state index contributed by atoms with van der Waals surface area (Å²) < 4.78 is 5.47. The lowest BCUT2D eigenvalue weighted by molar-refractivity contribution is 0.618. The number of aryl methyl sites for hydroxylation is 2. The maximum atomic E-state index is 13.1. The predicted molar refractivity (Wildman–Crippen MR) is 110 cm³/mol. The number of nitrogens with zero attached hydrogens (tertiary/aromatic N) is 7. The molecule has 29 heavy (non-hydrogen) atoms. The number of nitrogens with one attached hydrogen (secondary N) is 1. The number of hydrogen-bond acceptors (Lipinski definition) is 8. The van der Waals surface area contributed by atoms with Crippen LogP contribution in [0.25, 0.3) is 21.3 Å². The predicted octanol–water partition coefficient (Wildman–Crippen LogP) is 1.03. The van der Waals surface area contributed by atoms with Gasteiger partial charge in [-0.15, -0.1) is 11.3 Å². The second kappa shape index (κ2) is 6.99. The topological polar surface area (TPSA) is 144 Å². The highest BCUT2D eigenvalue weighted by atomic mass is 32.1. The Morgan fingerprint density at radius 2 is 2.24 bits per heavy atom. The van der Waals surface area contributed by atoms with Crippen LogP contribution in [0.1, 0.15) is 16.3 Å². The van der Waals surface area contributed by atoms with Crippen LogP contribution >= 0.6 is 11.3 Å². The van der Waals surface area contributed by atoms with Crippen molar-refractivity contribution >= 4 is 38.8 Å². The van der Waals surface area contributed by atoms with Gasteiger partial charge in [0.2, 0.25) is 0 Å². The maximum Gasteiger partial charge on any atom is 0.291 e. The van der Waals surface area contributed by atoms with Crippen LogP contribution in [0.3, 0.4) is 0 Å². The van der Waals surface area contributed by atoms with Gasteiger partial charge in [0.15, 0.2) is 5.65 Å². The van der Waals surface area contributed by atoms with E-state index in [1.54, 1.807) is 35.7 Å². The van der Waals surface area contributed by atoms with Crippen molar-refractivity contribution in [2.45, 2.75) is 13.0 Å². The standard InChI is InChI=1S/C18H17N9OS/c1-25-8-10(6-20)13(24-25)9-27-18(28)15-12(7-22-27)16-17(26(15)2)23-14(29-16)5-11(21)3-4-19/h3-4,7-8,19H,5,9,21H2,1-2H3. The van der Waals surface area contributed by atoms with E-state index in [-0.39, 0.29) is 12.1 Å². The zero-order valence-corrected chi connectivity index (χ0v) is 16.6. The Bertz CT molecular complexity index is 1390. The lowest BCUT2D eigenvalue weighted by Gasteiger charge is -2.04. The van der Waals surface area contributed by atoms with Crippen LogP contribution in [0, 0.1) is 16.7 Å². The molecular formula is C18H17N9OS. The number of allylic oxidation sites excluding steroid dienone is 2. The molecule has 0 saturated heterocycles. The van der Waals surface area contributed by atoms with E-state index in [2.05, 4.69) is 21.3 Å². The summed E-state index contributed by atoms with van der Waals surface area (Å²) >= 11 is 1.45. The summed E-state index contributed by atoms with van der Waals surface area (Å²) in [5, 5.41) is 26.4. The van der Waals surface area contributed by atoms with E-state index in [0.29, 0.717) is 34.5 Å². The van der Waals surface area contributed by atoms with Crippen molar-refractivity contribution in [3.05, 3.63) is 50.8 Å². The van der Waals surface area contributed by atoms with E-state index in [0.717, 1.165) is 21.3 Å². The molecule has 0 aliphatic heterocycles. The van der Waals surface area contributed by atoms with Gasteiger partial charge in [-0.25, -0.2) is 9.67 Å². The molecule has 0 radical (unpaired) electrons. The Morgan fingerprint density at radius 1 is 1.45 bits per heavy atom. The van der Waals surface area contributed by atoms with Crippen LogP contribution < -0.4 is 11.3 Å². The number of thiazole rings is 1. The summed E-state index contributed by atoms with van der Waals surface area (Å²) in [6.07, 6.45) is 6.37. The first-order valence-electron chi connectivity index (χ1n) is 8.64. The minimum atomic E-state index is -0.269. The van der Waals surface area contributed by atoms with E-state index in [4.69, 9.17) is 11.1 Å². The summed E-state index contributed by atoms with van der Waals surface area (Å²) in [7, 11) is 3.51. The van der Waals surface area contributed by atoms with Crippen LogP contribution in [-0.2, 0) is 27.1 Å². The van der Waals surface area contributed by atoms with Crippen LogP contribution in [0.15, 0.2) is 29.0 Å². The van der Waals surface area contributed by atoms with Crippen molar-refractivity contribution in [3.63, 3.8) is 0 Å². The van der Waals surface area contributed by atoms with Gasteiger partial charge in [0.05, 0.1) is 23.0 Å². The molecule has 11 heteroatoms. The second-order valence-corrected chi connectivity index (χ2v) is 7.63. The van der Waals surface area contributed by atoms with E-state index in [1.807, 2.05) is 0 Å². The Morgan fingerprint density at radius 3 is 2.97 bits per heavy atom. The minimum absolute atomic E-state index is 0.112. The Labute approximate surface area is 168 Å². The number of rotatable bonds is 5. The molecule has 4 aromatic heterocycles. The molecule has 4 aromatic rings. The van der Waals surface area contributed by atoms with Crippen LogP contribution in [0.4, 0.5) is 0 Å². The first kappa shape index (κ1) is 18.6. The summed E-state index contributed by atoms with van der Waals surface area (Å²) in [5.41, 5.74) is 8.25. The Balaban J connectivity index is 1.80. The molecule has 4 rings (SSSR count). The highest BCUT2D eigenvalue weighted by Crippen LogP contribution is 2.31. The van der Waals surface area contributed by atoms with Crippen LogP contribution in [-0.4, -0.2) is 35.3 Å². The number of hydrogen-bond donors (Lipinski definition) is 2. The largest absolute Gasteiger partial charge is 0.402 e. The molecule has 0 aliphatic carbocycles. The average Bonchev–Trinajstić information content (AvgIpc) is 3.32.